The summed E-state index contributed by atoms with van der Waals surface area (Å²) in [6.07, 6.45) is -0.616. The van der Waals surface area contributed by atoms with Crippen LogP contribution in [0.4, 0.5) is 0 Å². The van der Waals surface area contributed by atoms with Gasteiger partial charge < -0.3 is 20.5 Å². The van der Waals surface area contributed by atoms with Gasteiger partial charge in [0.2, 0.25) is 0 Å². The number of rotatable bonds is 9. The molecule has 0 aromatic heterocycles. The Morgan fingerprint density at radius 3 is 2.52 bits per heavy atom. The van der Waals surface area contributed by atoms with Gasteiger partial charge in [0.1, 0.15) is 0 Å². The first-order valence-corrected chi connectivity index (χ1v) is 8.86. The fourth-order valence-electron chi connectivity index (χ4n) is 2.12. The van der Waals surface area contributed by atoms with Crippen molar-refractivity contribution in [2.45, 2.75) is 39.8 Å². The van der Waals surface area contributed by atoms with Gasteiger partial charge in [0.05, 0.1) is 25.3 Å². The van der Waals surface area contributed by atoms with E-state index in [9.17, 15) is 5.11 Å². The zero-order chi connectivity index (χ0) is 17.9. The average Bonchev–Trinajstić information content (AvgIpc) is 2.52. The fourth-order valence-corrected chi connectivity index (χ4v) is 2.42. The van der Waals surface area contributed by atoms with Crippen LogP contribution in [0.25, 0.3) is 0 Å². The normalized spacial score (nSPS) is 14.0. The van der Waals surface area contributed by atoms with Crippen LogP contribution in [0, 0.1) is 5.92 Å². The third-order valence-electron chi connectivity index (χ3n) is 3.29. The first kappa shape index (κ1) is 24.4. The van der Waals surface area contributed by atoms with Crippen molar-refractivity contribution in [1.82, 2.24) is 10.6 Å². The van der Waals surface area contributed by atoms with Crippen LogP contribution in [-0.2, 0) is 4.74 Å². The summed E-state index contributed by atoms with van der Waals surface area (Å²) in [5.74, 6) is 1.10. The Morgan fingerprint density at radius 2 is 1.92 bits per heavy atom. The average molecular weight is 484 g/mol. The van der Waals surface area contributed by atoms with Gasteiger partial charge >= 0.3 is 0 Å². The van der Waals surface area contributed by atoms with E-state index in [0.717, 1.165) is 17.1 Å². The number of ether oxygens (including phenoxy) is 1. The van der Waals surface area contributed by atoms with E-state index in [1.807, 2.05) is 38.1 Å². The van der Waals surface area contributed by atoms with Crippen LogP contribution in [0.1, 0.15) is 39.3 Å². The molecule has 2 unspecified atom stereocenters. The molecule has 0 saturated carbocycles. The maximum Gasteiger partial charge on any atom is 0.191 e. The Labute approximate surface area is 173 Å². The van der Waals surface area contributed by atoms with Crippen molar-refractivity contribution in [2.24, 2.45) is 10.9 Å². The summed E-state index contributed by atoms with van der Waals surface area (Å²) >= 11 is 6.23. The van der Waals surface area contributed by atoms with E-state index in [-0.39, 0.29) is 36.6 Å². The Kier molecular flexibility index (Phi) is 13.3. The Bertz CT molecular complexity index is 515. The molecule has 0 aliphatic carbocycles. The number of hydrogen-bond donors (Lipinski definition) is 3. The quantitative estimate of drug-likeness (QED) is 0.285. The van der Waals surface area contributed by atoms with Crippen molar-refractivity contribution in [3.8, 4) is 0 Å². The Balaban J connectivity index is 0.00000576. The molecule has 7 heteroatoms. The lowest BCUT2D eigenvalue weighted by Crippen LogP contribution is -2.39. The molecule has 1 aromatic rings. The molecule has 0 aliphatic rings. The van der Waals surface area contributed by atoms with Gasteiger partial charge in [-0.25, -0.2) is 0 Å². The first-order chi connectivity index (χ1) is 11.4. The van der Waals surface area contributed by atoms with Crippen molar-refractivity contribution in [1.29, 1.82) is 0 Å². The highest BCUT2D eigenvalue weighted by Gasteiger charge is 2.11. The summed E-state index contributed by atoms with van der Waals surface area (Å²) in [6, 6.07) is 7.73. The summed E-state index contributed by atoms with van der Waals surface area (Å²) in [5.41, 5.74) is 1.01. The lowest BCUT2D eigenvalue weighted by Gasteiger charge is -2.19. The molecule has 0 radical (unpaired) electrons. The molecule has 144 valence electrons. The molecule has 0 heterocycles. The number of benzene rings is 1. The summed E-state index contributed by atoms with van der Waals surface area (Å²) < 4.78 is 5.44. The van der Waals surface area contributed by atoms with E-state index in [1.54, 1.807) is 0 Å². The van der Waals surface area contributed by atoms with Crippen LogP contribution in [0.15, 0.2) is 29.3 Å². The lowest BCUT2D eigenvalue weighted by atomic mass is 10.1. The molecule has 3 N–H and O–H groups in total. The molecule has 0 saturated heterocycles. The maximum absolute atomic E-state index is 9.97. The highest BCUT2D eigenvalue weighted by atomic mass is 127. The van der Waals surface area contributed by atoms with E-state index in [4.69, 9.17) is 16.3 Å². The van der Waals surface area contributed by atoms with Gasteiger partial charge in [-0.2, -0.15) is 0 Å². The summed E-state index contributed by atoms with van der Waals surface area (Å²) in [7, 11) is 0. The summed E-state index contributed by atoms with van der Waals surface area (Å²) in [4.78, 5) is 4.43. The third kappa shape index (κ3) is 10.2. The van der Waals surface area contributed by atoms with Crippen molar-refractivity contribution >= 4 is 41.5 Å². The molecular weight excluding hydrogens is 453 g/mol. The molecule has 25 heavy (non-hydrogen) atoms. The van der Waals surface area contributed by atoms with Crippen LogP contribution in [0.5, 0.6) is 0 Å². The minimum absolute atomic E-state index is 0. The fraction of sp³-hybridized carbons (Fsp3) is 0.611. The van der Waals surface area contributed by atoms with Crippen LogP contribution < -0.4 is 10.6 Å². The number of halogens is 2. The second-order valence-corrected chi connectivity index (χ2v) is 6.60. The minimum atomic E-state index is -0.616. The van der Waals surface area contributed by atoms with Crippen molar-refractivity contribution in [3.05, 3.63) is 34.9 Å². The molecule has 2 atom stereocenters. The van der Waals surface area contributed by atoms with Gasteiger partial charge in [0, 0.05) is 18.2 Å². The molecule has 0 bridgehead atoms. The maximum atomic E-state index is 9.97. The van der Waals surface area contributed by atoms with Crippen LogP contribution >= 0.6 is 35.6 Å². The van der Waals surface area contributed by atoms with E-state index in [1.165, 1.54) is 0 Å². The standard InChI is InChI=1S/C18H30ClN3O2.HI/c1-5-20-18(21-10-15(23)12-24-11-13(2)3)22-14(4)16-8-6-7-9-17(16)19;/h6-9,13-15,23H,5,10-12H2,1-4H3,(H2,20,21,22);1H. The van der Waals surface area contributed by atoms with Crippen molar-refractivity contribution < 1.29 is 9.84 Å². The van der Waals surface area contributed by atoms with Crippen LogP contribution in [0.3, 0.4) is 0 Å². The van der Waals surface area contributed by atoms with Gasteiger partial charge in [-0.05, 0) is 31.4 Å². The number of hydrogen-bond acceptors (Lipinski definition) is 3. The second-order valence-electron chi connectivity index (χ2n) is 6.19. The molecule has 1 rings (SSSR count). The van der Waals surface area contributed by atoms with Gasteiger partial charge in [-0.1, -0.05) is 43.6 Å². The number of nitrogens with one attached hydrogen (secondary N) is 2. The van der Waals surface area contributed by atoms with E-state index >= 15 is 0 Å². The molecule has 0 amide bonds. The highest BCUT2D eigenvalue weighted by molar-refractivity contribution is 14.0. The summed E-state index contributed by atoms with van der Waals surface area (Å²) in [5, 5.41) is 17.2. The lowest BCUT2D eigenvalue weighted by molar-refractivity contribution is 0.0301. The smallest absolute Gasteiger partial charge is 0.191 e. The van der Waals surface area contributed by atoms with Gasteiger partial charge in [0.15, 0.2) is 5.96 Å². The van der Waals surface area contributed by atoms with Crippen molar-refractivity contribution in [2.75, 3.05) is 26.3 Å². The SMILES string of the molecule is CCNC(=NCC(O)COCC(C)C)NC(C)c1ccccc1Cl.I. The predicted octanol–water partition coefficient (Wildman–Crippen LogP) is 3.61. The number of aliphatic hydroxyl groups is 1. The molecule has 0 spiro atoms. The Hall–Kier alpha value is -0.570. The topological polar surface area (TPSA) is 65.9 Å². The zero-order valence-corrected chi connectivity index (χ0v) is 18.5. The third-order valence-corrected chi connectivity index (χ3v) is 3.63. The number of guanidine groups is 1. The number of aliphatic hydroxyl groups excluding tert-OH is 1. The van der Waals surface area contributed by atoms with Gasteiger partial charge in [-0.3, -0.25) is 4.99 Å². The molecular formula is C18H31ClIN3O2. The van der Waals surface area contributed by atoms with E-state index < -0.39 is 6.10 Å². The largest absolute Gasteiger partial charge is 0.389 e. The zero-order valence-electron chi connectivity index (χ0n) is 15.5. The number of nitrogens with zero attached hydrogens (tertiary/aromatic N) is 1. The number of aliphatic imine (C=N–C) groups is 1. The minimum Gasteiger partial charge on any atom is -0.389 e. The molecule has 0 aliphatic heterocycles. The Morgan fingerprint density at radius 1 is 1.24 bits per heavy atom. The van der Waals surface area contributed by atoms with Crippen LogP contribution in [-0.4, -0.2) is 43.5 Å². The first-order valence-electron chi connectivity index (χ1n) is 8.49. The second kappa shape index (κ2) is 13.6. The van der Waals surface area contributed by atoms with Gasteiger partial charge in [-0.15, -0.1) is 24.0 Å². The molecule has 5 nitrogen and oxygen atoms in total. The van der Waals surface area contributed by atoms with Crippen LogP contribution in [0.2, 0.25) is 5.02 Å². The van der Waals surface area contributed by atoms with Gasteiger partial charge in [0.25, 0.3) is 0 Å². The monoisotopic (exact) mass is 483 g/mol. The highest BCUT2D eigenvalue weighted by Crippen LogP contribution is 2.21. The summed E-state index contributed by atoms with van der Waals surface area (Å²) in [6.45, 7) is 10.1. The van der Waals surface area contributed by atoms with E-state index in [0.29, 0.717) is 25.1 Å². The predicted molar refractivity (Wildman–Crippen MR) is 116 cm³/mol. The molecule has 0 fully saturated rings. The molecule has 1 aromatic carbocycles. The van der Waals surface area contributed by atoms with Crippen molar-refractivity contribution in [3.63, 3.8) is 0 Å². The van der Waals surface area contributed by atoms with E-state index in [2.05, 4.69) is 29.5 Å².